The van der Waals surface area contributed by atoms with Crippen molar-refractivity contribution in [2.45, 2.75) is 12.8 Å². The molecule has 1 aromatic rings. The summed E-state index contributed by atoms with van der Waals surface area (Å²) in [5, 5.41) is 8.60. The molecule has 0 radical (unpaired) electrons. The van der Waals surface area contributed by atoms with Gasteiger partial charge in [0, 0.05) is 12.6 Å². The lowest BCUT2D eigenvalue weighted by Gasteiger charge is -1.98. The number of hydrogen-bond acceptors (Lipinski definition) is 3. The van der Waals surface area contributed by atoms with Crippen LogP contribution in [0.4, 0.5) is 0 Å². The molecule has 68 valence electrons. The molecule has 0 fully saturated rings. The maximum atomic E-state index is 10.5. The van der Waals surface area contributed by atoms with Crippen LogP contribution in [0.1, 0.15) is 22.5 Å². The van der Waals surface area contributed by atoms with Gasteiger partial charge in [0.05, 0.1) is 0 Å². The zero-order valence-electron chi connectivity index (χ0n) is 6.93. The molecule has 0 saturated heterocycles. The SMILES string of the molecule is O=CCCc1ccnc(C(=O)O)c1. The van der Waals surface area contributed by atoms with Crippen molar-refractivity contribution in [1.29, 1.82) is 0 Å². The Morgan fingerprint density at radius 1 is 1.62 bits per heavy atom. The van der Waals surface area contributed by atoms with Crippen molar-refractivity contribution in [3.8, 4) is 0 Å². The molecule has 0 atom stereocenters. The zero-order valence-corrected chi connectivity index (χ0v) is 6.93. The van der Waals surface area contributed by atoms with Crippen LogP contribution in [0.5, 0.6) is 0 Å². The highest BCUT2D eigenvalue weighted by Crippen LogP contribution is 2.03. The van der Waals surface area contributed by atoms with Crippen molar-refractivity contribution in [2.24, 2.45) is 0 Å². The molecule has 1 heterocycles. The second-order valence-electron chi connectivity index (χ2n) is 2.56. The summed E-state index contributed by atoms with van der Waals surface area (Å²) in [7, 11) is 0. The molecule has 0 aliphatic heterocycles. The van der Waals surface area contributed by atoms with Crippen LogP contribution in [0.2, 0.25) is 0 Å². The first kappa shape index (κ1) is 9.38. The van der Waals surface area contributed by atoms with Gasteiger partial charge in [-0.2, -0.15) is 0 Å². The number of nitrogens with zero attached hydrogens (tertiary/aromatic N) is 1. The topological polar surface area (TPSA) is 67.3 Å². The van der Waals surface area contributed by atoms with Gasteiger partial charge in [-0.25, -0.2) is 9.78 Å². The number of pyridine rings is 1. The number of aldehydes is 1. The largest absolute Gasteiger partial charge is 0.477 e. The summed E-state index contributed by atoms with van der Waals surface area (Å²) >= 11 is 0. The summed E-state index contributed by atoms with van der Waals surface area (Å²) < 4.78 is 0. The Morgan fingerprint density at radius 3 is 3.00 bits per heavy atom. The summed E-state index contributed by atoms with van der Waals surface area (Å²) in [5.41, 5.74) is 0.836. The molecule has 0 aliphatic carbocycles. The lowest BCUT2D eigenvalue weighted by atomic mass is 10.1. The van der Waals surface area contributed by atoms with Crippen molar-refractivity contribution in [3.05, 3.63) is 29.6 Å². The van der Waals surface area contributed by atoms with E-state index in [-0.39, 0.29) is 5.69 Å². The first-order chi connectivity index (χ1) is 6.24. The number of rotatable bonds is 4. The quantitative estimate of drug-likeness (QED) is 0.697. The van der Waals surface area contributed by atoms with Crippen LogP contribution in [-0.2, 0) is 11.2 Å². The zero-order chi connectivity index (χ0) is 9.68. The number of carboxylic acid groups (broad SMARTS) is 1. The maximum absolute atomic E-state index is 10.5. The van der Waals surface area contributed by atoms with Gasteiger partial charge in [0.25, 0.3) is 0 Å². The Balaban J connectivity index is 2.79. The number of carbonyl (C=O) groups is 2. The summed E-state index contributed by atoms with van der Waals surface area (Å²) in [4.78, 5) is 24.2. The van der Waals surface area contributed by atoms with Crippen LogP contribution in [0.25, 0.3) is 0 Å². The number of hydrogen-bond donors (Lipinski definition) is 1. The van der Waals surface area contributed by atoms with E-state index in [4.69, 9.17) is 5.11 Å². The van der Waals surface area contributed by atoms with Gasteiger partial charge in [-0.05, 0) is 24.1 Å². The van der Waals surface area contributed by atoms with Crippen molar-refractivity contribution in [3.63, 3.8) is 0 Å². The predicted molar refractivity (Wildman–Crippen MR) is 45.6 cm³/mol. The first-order valence-electron chi connectivity index (χ1n) is 3.86. The Hall–Kier alpha value is -1.71. The molecular formula is C9H9NO3. The third-order valence-corrected chi connectivity index (χ3v) is 1.59. The lowest BCUT2D eigenvalue weighted by Crippen LogP contribution is -2.00. The van der Waals surface area contributed by atoms with Crippen LogP contribution >= 0.6 is 0 Å². The van der Waals surface area contributed by atoms with Crippen molar-refractivity contribution in [2.75, 3.05) is 0 Å². The highest BCUT2D eigenvalue weighted by Gasteiger charge is 2.04. The molecule has 0 spiro atoms. The summed E-state index contributed by atoms with van der Waals surface area (Å²) in [6.45, 7) is 0. The fourth-order valence-corrected chi connectivity index (χ4v) is 0.972. The Morgan fingerprint density at radius 2 is 2.38 bits per heavy atom. The molecule has 1 N–H and O–H groups in total. The predicted octanol–water partition coefficient (Wildman–Crippen LogP) is 0.911. The average molecular weight is 179 g/mol. The van der Waals surface area contributed by atoms with Gasteiger partial charge in [-0.15, -0.1) is 0 Å². The van der Waals surface area contributed by atoms with E-state index in [9.17, 15) is 9.59 Å². The molecule has 13 heavy (non-hydrogen) atoms. The smallest absolute Gasteiger partial charge is 0.354 e. The fraction of sp³-hybridized carbons (Fsp3) is 0.222. The third-order valence-electron chi connectivity index (χ3n) is 1.59. The van der Waals surface area contributed by atoms with Gasteiger partial charge in [-0.1, -0.05) is 0 Å². The molecule has 0 unspecified atom stereocenters. The molecule has 4 heteroatoms. The van der Waals surface area contributed by atoms with Gasteiger partial charge < -0.3 is 9.90 Å². The van der Waals surface area contributed by atoms with E-state index in [2.05, 4.69) is 4.98 Å². The number of aryl methyl sites for hydroxylation is 1. The number of aromatic nitrogens is 1. The molecule has 0 amide bonds. The van der Waals surface area contributed by atoms with E-state index in [0.717, 1.165) is 11.8 Å². The second-order valence-corrected chi connectivity index (χ2v) is 2.56. The van der Waals surface area contributed by atoms with Gasteiger partial charge in [0.2, 0.25) is 0 Å². The van der Waals surface area contributed by atoms with E-state index in [0.29, 0.717) is 12.8 Å². The number of carboxylic acids is 1. The van der Waals surface area contributed by atoms with Crippen LogP contribution in [0, 0.1) is 0 Å². The van der Waals surface area contributed by atoms with E-state index in [1.165, 1.54) is 12.3 Å². The normalized spacial score (nSPS) is 9.54. The summed E-state index contributed by atoms with van der Waals surface area (Å²) in [5.74, 6) is -1.05. The molecule has 1 rings (SSSR count). The van der Waals surface area contributed by atoms with Crippen molar-refractivity contribution >= 4 is 12.3 Å². The molecule has 4 nitrogen and oxygen atoms in total. The van der Waals surface area contributed by atoms with Crippen molar-refractivity contribution < 1.29 is 14.7 Å². The minimum atomic E-state index is -1.05. The lowest BCUT2D eigenvalue weighted by molar-refractivity contribution is -0.107. The standard InChI is InChI=1S/C9H9NO3/c11-5-1-2-7-3-4-10-8(6-7)9(12)13/h3-6H,1-2H2,(H,12,13). The molecule has 0 saturated carbocycles. The fourth-order valence-electron chi connectivity index (χ4n) is 0.972. The molecule has 0 aromatic carbocycles. The van der Waals surface area contributed by atoms with Crippen LogP contribution in [0.15, 0.2) is 18.3 Å². The third kappa shape index (κ3) is 2.66. The monoisotopic (exact) mass is 179 g/mol. The van der Waals surface area contributed by atoms with Crippen molar-refractivity contribution in [1.82, 2.24) is 4.98 Å². The second kappa shape index (κ2) is 4.35. The summed E-state index contributed by atoms with van der Waals surface area (Å²) in [6.07, 6.45) is 3.21. The van der Waals surface area contributed by atoms with E-state index < -0.39 is 5.97 Å². The molecular weight excluding hydrogens is 170 g/mol. The van der Waals surface area contributed by atoms with Gasteiger partial charge in [0.15, 0.2) is 0 Å². The Kier molecular flexibility index (Phi) is 3.14. The summed E-state index contributed by atoms with van der Waals surface area (Å²) in [6, 6.07) is 3.18. The van der Waals surface area contributed by atoms with Gasteiger partial charge in [0.1, 0.15) is 12.0 Å². The molecule has 1 aromatic heterocycles. The van der Waals surface area contributed by atoms with Gasteiger partial charge in [-0.3, -0.25) is 0 Å². The number of aromatic carboxylic acids is 1. The minimum absolute atomic E-state index is 0.0170. The highest BCUT2D eigenvalue weighted by atomic mass is 16.4. The molecule has 0 bridgehead atoms. The van der Waals surface area contributed by atoms with E-state index in [1.54, 1.807) is 6.07 Å². The highest BCUT2D eigenvalue weighted by molar-refractivity contribution is 5.85. The maximum Gasteiger partial charge on any atom is 0.354 e. The van der Waals surface area contributed by atoms with E-state index in [1.807, 2.05) is 0 Å². The van der Waals surface area contributed by atoms with Gasteiger partial charge >= 0.3 is 5.97 Å². The first-order valence-corrected chi connectivity index (χ1v) is 3.86. The minimum Gasteiger partial charge on any atom is -0.477 e. The van der Waals surface area contributed by atoms with Crippen LogP contribution in [-0.4, -0.2) is 22.3 Å². The van der Waals surface area contributed by atoms with Crippen LogP contribution in [0.3, 0.4) is 0 Å². The average Bonchev–Trinajstić information content (AvgIpc) is 2.15. The molecule has 0 aliphatic rings. The van der Waals surface area contributed by atoms with E-state index >= 15 is 0 Å². The Labute approximate surface area is 75.2 Å². The number of carbonyl (C=O) groups excluding carboxylic acids is 1. The van der Waals surface area contributed by atoms with Crippen LogP contribution < -0.4 is 0 Å². The Bertz CT molecular complexity index is 322.